The average molecular weight is 231 g/mol. The van der Waals surface area contributed by atoms with E-state index in [4.69, 9.17) is 11.6 Å². The van der Waals surface area contributed by atoms with E-state index in [9.17, 15) is 4.79 Å². The molecule has 0 aromatic heterocycles. The third kappa shape index (κ3) is 2.42. The van der Waals surface area contributed by atoms with Crippen molar-refractivity contribution < 1.29 is 9.53 Å². The summed E-state index contributed by atoms with van der Waals surface area (Å²) >= 11 is 7.64. The van der Waals surface area contributed by atoms with E-state index in [2.05, 4.69) is 4.74 Å². The predicted octanol–water partition coefficient (Wildman–Crippen LogP) is 3.24. The van der Waals surface area contributed by atoms with Gasteiger partial charge in [-0.05, 0) is 17.9 Å². The molecule has 0 aliphatic carbocycles. The van der Waals surface area contributed by atoms with Gasteiger partial charge >= 0.3 is 5.97 Å². The number of benzene rings is 1. The van der Waals surface area contributed by atoms with E-state index in [0.717, 1.165) is 10.6 Å². The molecule has 0 amide bonds. The fourth-order valence-electron chi connectivity index (χ4n) is 1.05. The smallest absolute Gasteiger partial charge is 0.339 e. The average Bonchev–Trinajstić information content (AvgIpc) is 2.20. The number of esters is 1. The molecule has 1 aromatic rings. The molecule has 0 saturated heterocycles. The summed E-state index contributed by atoms with van der Waals surface area (Å²) in [6.45, 7) is 2.03. The monoisotopic (exact) mass is 230 g/mol. The largest absolute Gasteiger partial charge is 0.465 e. The Balaban J connectivity index is 3.07. The zero-order valence-corrected chi connectivity index (χ0v) is 9.61. The Morgan fingerprint density at radius 2 is 2.29 bits per heavy atom. The molecule has 0 bridgehead atoms. The second-order valence-corrected chi connectivity index (χ2v) is 4.23. The molecule has 76 valence electrons. The van der Waals surface area contributed by atoms with Crippen molar-refractivity contribution >= 4 is 29.3 Å². The lowest BCUT2D eigenvalue weighted by Gasteiger charge is -2.06. The fourth-order valence-corrected chi connectivity index (χ4v) is 2.13. The molecule has 0 radical (unpaired) electrons. The molecule has 0 heterocycles. The van der Waals surface area contributed by atoms with Gasteiger partial charge in [-0.1, -0.05) is 24.6 Å². The first-order valence-electron chi connectivity index (χ1n) is 4.20. The maximum Gasteiger partial charge on any atom is 0.339 e. The van der Waals surface area contributed by atoms with Crippen LogP contribution >= 0.6 is 23.4 Å². The van der Waals surface area contributed by atoms with Gasteiger partial charge in [0.25, 0.3) is 0 Å². The Morgan fingerprint density at radius 1 is 1.57 bits per heavy atom. The van der Waals surface area contributed by atoms with Crippen LogP contribution in [-0.2, 0) is 4.74 Å². The third-order valence-corrected chi connectivity index (χ3v) is 3.13. The van der Waals surface area contributed by atoms with Crippen molar-refractivity contribution in [2.75, 3.05) is 12.9 Å². The van der Waals surface area contributed by atoms with Crippen molar-refractivity contribution in [3.8, 4) is 0 Å². The first-order valence-corrected chi connectivity index (χ1v) is 5.56. The van der Waals surface area contributed by atoms with Crippen LogP contribution in [0.4, 0.5) is 0 Å². The second kappa shape index (κ2) is 5.27. The molecule has 0 spiro atoms. The van der Waals surface area contributed by atoms with E-state index in [-0.39, 0.29) is 0 Å². The zero-order chi connectivity index (χ0) is 10.6. The molecule has 0 fully saturated rings. The van der Waals surface area contributed by atoms with Gasteiger partial charge in [-0.2, -0.15) is 0 Å². The van der Waals surface area contributed by atoms with Crippen LogP contribution in [0.3, 0.4) is 0 Å². The van der Waals surface area contributed by atoms with Crippen LogP contribution in [0.1, 0.15) is 17.3 Å². The summed E-state index contributed by atoms with van der Waals surface area (Å²) < 4.78 is 4.62. The van der Waals surface area contributed by atoms with Crippen LogP contribution in [0.5, 0.6) is 0 Å². The maximum absolute atomic E-state index is 11.3. The minimum atomic E-state index is -0.395. The lowest BCUT2D eigenvalue weighted by atomic mass is 10.2. The molecular formula is C10H11ClO2S. The molecule has 1 rings (SSSR count). The van der Waals surface area contributed by atoms with Gasteiger partial charge in [-0.3, -0.25) is 0 Å². The summed E-state index contributed by atoms with van der Waals surface area (Å²) in [5.41, 5.74) is 0.424. The first-order chi connectivity index (χ1) is 6.70. The highest BCUT2D eigenvalue weighted by Crippen LogP contribution is 2.30. The van der Waals surface area contributed by atoms with Gasteiger partial charge in [-0.25, -0.2) is 4.79 Å². The third-order valence-electron chi connectivity index (χ3n) is 1.67. The van der Waals surface area contributed by atoms with Crippen LogP contribution in [0.2, 0.25) is 5.02 Å². The van der Waals surface area contributed by atoms with Gasteiger partial charge in [0.1, 0.15) is 0 Å². The van der Waals surface area contributed by atoms with Crippen molar-refractivity contribution in [3.63, 3.8) is 0 Å². The van der Waals surface area contributed by atoms with Crippen LogP contribution in [0, 0.1) is 0 Å². The van der Waals surface area contributed by atoms with E-state index in [1.807, 2.05) is 13.0 Å². The Kier molecular flexibility index (Phi) is 4.29. The van der Waals surface area contributed by atoms with E-state index in [0.29, 0.717) is 10.6 Å². The molecule has 1 aromatic carbocycles. The Labute approximate surface area is 92.6 Å². The zero-order valence-electron chi connectivity index (χ0n) is 8.04. The molecular weight excluding hydrogens is 220 g/mol. The SMILES string of the molecule is CCSc1cccc(C(=O)OC)c1Cl. The standard InChI is InChI=1S/C10H11ClO2S/c1-3-14-8-6-4-5-7(9(8)11)10(12)13-2/h4-6H,3H2,1-2H3. The number of ether oxygens (including phenoxy) is 1. The summed E-state index contributed by atoms with van der Waals surface area (Å²) in [4.78, 5) is 12.2. The summed E-state index contributed by atoms with van der Waals surface area (Å²) in [5, 5.41) is 0.478. The Bertz CT molecular complexity index is 339. The quantitative estimate of drug-likeness (QED) is 0.589. The normalized spacial score (nSPS) is 9.93. The molecule has 14 heavy (non-hydrogen) atoms. The van der Waals surface area contributed by atoms with E-state index >= 15 is 0 Å². The minimum absolute atomic E-state index is 0.395. The molecule has 0 saturated carbocycles. The predicted molar refractivity (Wildman–Crippen MR) is 59.2 cm³/mol. The number of carbonyl (C=O) groups excluding carboxylic acids is 1. The molecule has 2 nitrogen and oxygen atoms in total. The molecule has 0 aliphatic rings. The van der Waals surface area contributed by atoms with E-state index in [1.165, 1.54) is 7.11 Å². The summed E-state index contributed by atoms with van der Waals surface area (Å²) in [7, 11) is 1.35. The fraction of sp³-hybridized carbons (Fsp3) is 0.300. The Hall–Kier alpha value is -0.670. The highest BCUT2D eigenvalue weighted by atomic mass is 35.5. The molecule has 4 heteroatoms. The molecule has 0 aliphatic heterocycles. The topological polar surface area (TPSA) is 26.3 Å². The van der Waals surface area contributed by atoms with Crippen molar-refractivity contribution in [1.29, 1.82) is 0 Å². The number of methoxy groups -OCH3 is 1. The number of thioether (sulfide) groups is 1. The summed E-state index contributed by atoms with van der Waals surface area (Å²) in [6.07, 6.45) is 0. The minimum Gasteiger partial charge on any atom is -0.465 e. The van der Waals surface area contributed by atoms with Gasteiger partial charge in [0.15, 0.2) is 0 Å². The lowest BCUT2D eigenvalue weighted by Crippen LogP contribution is -2.02. The second-order valence-electron chi connectivity index (χ2n) is 2.54. The van der Waals surface area contributed by atoms with Crippen LogP contribution in [-0.4, -0.2) is 18.8 Å². The lowest BCUT2D eigenvalue weighted by molar-refractivity contribution is 0.0600. The molecule has 0 N–H and O–H groups in total. The number of rotatable bonds is 3. The van der Waals surface area contributed by atoms with Crippen molar-refractivity contribution in [3.05, 3.63) is 28.8 Å². The maximum atomic E-state index is 11.3. The number of hydrogen-bond donors (Lipinski definition) is 0. The van der Waals surface area contributed by atoms with Gasteiger partial charge in [-0.15, -0.1) is 11.8 Å². The van der Waals surface area contributed by atoms with Gasteiger partial charge in [0.2, 0.25) is 0 Å². The van der Waals surface area contributed by atoms with Gasteiger partial charge in [0, 0.05) is 4.90 Å². The summed E-state index contributed by atoms with van der Waals surface area (Å²) in [5.74, 6) is 0.526. The number of halogens is 1. The first kappa shape index (κ1) is 11.4. The van der Waals surface area contributed by atoms with Crippen LogP contribution in [0.15, 0.2) is 23.1 Å². The van der Waals surface area contributed by atoms with Crippen molar-refractivity contribution in [2.24, 2.45) is 0 Å². The number of carbonyl (C=O) groups is 1. The van der Waals surface area contributed by atoms with Crippen LogP contribution < -0.4 is 0 Å². The van der Waals surface area contributed by atoms with Gasteiger partial charge in [0.05, 0.1) is 17.7 Å². The van der Waals surface area contributed by atoms with Crippen molar-refractivity contribution in [2.45, 2.75) is 11.8 Å². The number of hydrogen-bond acceptors (Lipinski definition) is 3. The van der Waals surface area contributed by atoms with Crippen molar-refractivity contribution in [1.82, 2.24) is 0 Å². The highest BCUT2D eigenvalue weighted by Gasteiger charge is 2.12. The summed E-state index contributed by atoms with van der Waals surface area (Å²) in [6, 6.07) is 5.35. The molecule has 0 atom stereocenters. The van der Waals surface area contributed by atoms with Crippen LogP contribution in [0.25, 0.3) is 0 Å². The van der Waals surface area contributed by atoms with E-state index < -0.39 is 5.97 Å². The molecule has 0 unspecified atom stereocenters. The van der Waals surface area contributed by atoms with E-state index in [1.54, 1.807) is 23.9 Å². The van der Waals surface area contributed by atoms with Gasteiger partial charge < -0.3 is 4.74 Å². The highest BCUT2D eigenvalue weighted by molar-refractivity contribution is 7.99. The Morgan fingerprint density at radius 3 is 2.86 bits per heavy atom.